The van der Waals surface area contributed by atoms with Crippen LogP contribution in [-0.4, -0.2) is 32.6 Å². The van der Waals surface area contributed by atoms with Gasteiger partial charge in [-0.1, -0.05) is 25.9 Å². The smallest absolute Gasteiger partial charge is 0.243 e. The normalized spacial score (nSPS) is 25.4. The largest absolute Gasteiger partial charge is 0.392 e. The zero-order chi connectivity index (χ0) is 12.5. The number of thioether (sulfide) groups is 1. The lowest BCUT2D eigenvalue weighted by molar-refractivity contribution is 0.191. The van der Waals surface area contributed by atoms with Gasteiger partial charge < -0.3 is 14.9 Å². The Morgan fingerprint density at radius 2 is 2.29 bits per heavy atom. The van der Waals surface area contributed by atoms with Crippen LogP contribution in [0.25, 0.3) is 0 Å². The second-order valence-corrected chi connectivity index (χ2v) is 7.10. The van der Waals surface area contributed by atoms with Gasteiger partial charge in [0.1, 0.15) is 0 Å². The summed E-state index contributed by atoms with van der Waals surface area (Å²) in [6, 6.07) is 0.00545. The lowest BCUT2D eigenvalue weighted by atomic mass is 10.2. The van der Waals surface area contributed by atoms with Crippen LogP contribution in [0.4, 0.5) is 0 Å². The van der Waals surface area contributed by atoms with E-state index in [9.17, 15) is 5.11 Å². The summed E-state index contributed by atoms with van der Waals surface area (Å²) in [7, 11) is 0. The van der Waals surface area contributed by atoms with Crippen molar-refractivity contribution in [2.75, 3.05) is 6.54 Å². The Morgan fingerprint density at radius 3 is 2.88 bits per heavy atom. The fraction of sp³-hybridized carbons (Fsp3) is 0.818. The molecule has 0 radical (unpaired) electrons. The van der Waals surface area contributed by atoms with Crippen LogP contribution in [0.2, 0.25) is 0 Å². The molecule has 17 heavy (non-hydrogen) atoms. The van der Waals surface area contributed by atoms with Gasteiger partial charge in [-0.15, -0.1) is 11.8 Å². The van der Waals surface area contributed by atoms with Crippen LogP contribution >= 0.6 is 11.8 Å². The van der Waals surface area contributed by atoms with Gasteiger partial charge in [0.15, 0.2) is 5.82 Å². The Kier molecular flexibility index (Phi) is 3.75. The maximum Gasteiger partial charge on any atom is 0.243 e. The highest BCUT2D eigenvalue weighted by molar-refractivity contribution is 7.99. The van der Waals surface area contributed by atoms with E-state index in [2.05, 4.69) is 36.2 Å². The van der Waals surface area contributed by atoms with Gasteiger partial charge in [-0.05, 0) is 6.42 Å². The molecule has 2 atom stereocenters. The van der Waals surface area contributed by atoms with Crippen LogP contribution < -0.4 is 5.32 Å². The predicted molar refractivity (Wildman–Crippen MR) is 66.7 cm³/mol. The molecule has 1 fully saturated rings. The van der Waals surface area contributed by atoms with E-state index in [4.69, 9.17) is 4.52 Å². The minimum Gasteiger partial charge on any atom is -0.392 e. The van der Waals surface area contributed by atoms with Crippen molar-refractivity contribution in [1.29, 1.82) is 0 Å². The van der Waals surface area contributed by atoms with Crippen molar-refractivity contribution in [3.8, 4) is 0 Å². The lowest BCUT2D eigenvalue weighted by Gasteiger charge is -2.15. The molecule has 0 amide bonds. The molecule has 1 saturated heterocycles. The first-order valence-electron chi connectivity index (χ1n) is 5.82. The highest BCUT2D eigenvalue weighted by Crippen LogP contribution is 2.27. The molecule has 0 saturated carbocycles. The number of hydrogen-bond acceptors (Lipinski definition) is 6. The highest BCUT2D eigenvalue weighted by atomic mass is 32.2. The van der Waals surface area contributed by atoms with Gasteiger partial charge in [-0.3, -0.25) is 0 Å². The van der Waals surface area contributed by atoms with Gasteiger partial charge in [-0.2, -0.15) is 4.98 Å². The molecule has 96 valence electrons. The van der Waals surface area contributed by atoms with Gasteiger partial charge in [0.25, 0.3) is 0 Å². The summed E-state index contributed by atoms with van der Waals surface area (Å²) in [5.74, 6) is 2.07. The summed E-state index contributed by atoms with van der Waals surface area (Å²) in [4.78, 5) is 4.36. The fourth-order valence-electron chi connectivity index (χ4n) is 1.65. The molecule has 2 N–H and O–H groups in total. The number of aromatic nitrogens is 2. The molecule has 1 aromatic rings. The van der Waals surface area contributed by atoms with Crippen molar-refractivity contribution in [2.24, 2.45) is 0 Å². The number of hydrogen-bond donors (Lipinski definition) is 2. The zero-order valence-electron chi connectivity index (χ0n) is 10.4. The minimum atomic E-state index is -0.306. The molecule has 2 rings (SSSR count). The standard InChI is InChI=1S/C11H19N3O2S/c1-11(2,3)17-6-9-13-10(16-14-9)8-4-7(15)5-12-8/h7-8,12,15H,4-6H2,1-3H3. The van der Waals surface area contributed by atoms with Crippen molar-refractivity contribution in [3.05, 3.63) is 11.7 Å². The summed E-state index contributed by atoms with van der Waals surface area (Å²) in [5, 5.41) is 16.5. The monoisotopic (exact) mass is 257 g/mol. The molecule has 2 unspecified atom stereocenters. The third-order valence-corrected chi connectivity index (χ3v) is 3.79. The minimum absolute atomic E-state index is 0.00545. The molecule has 0 bridgehead atoms. The molecular formula is C11H19N3O2S. The first-order valence-corrected chi connectivity index (χ1v) is 6.80. The van der Waals surface area contributed by atoms with Crippen LogP contribution in [0.1, 0.15) is 44.9 Å². The number of aliphatic hydroxyl groups is 1. The fourth-order valence-corrected chi connectivity index (χ4v) is 2.33. The van der Waals surface area contributed by atoms with E-state index in [1.807, 2.05) is 0 Å². The first kappa shape index (κ1) is 12.9. The summed E-state index contributed by atoms with van der Waals surface area (Å²) in [6.45, 7) is 7.08. The SMILES string of the molecule is CC(C)(C)SCc1noc(C2CC(O)CN2)n1. The first-order chi connectivity index (χ1) is 7.94. The molecule has 2 heterocycles. The Balaban J connectivity index is 1.92. The molecule has 1 aromatic heterocycles. The van der Waals surface area contributed by atoms with E-state index in [-0.39, 0.29) is 16.9 Å². The number of nitrogens with zero attached hydrogens (tertiary/aromatic N) is 2. The van der Waals surface area contributed by atoms with Crippen molar-refractivity contribution >= 4 is 11.8 Å². The number of rotatable bonds is 3. The average molecular weight is 257 g/mol. The highest BCUT2D eigenvalue weighted by Gasteiger charge is 2.28. The lowest BCUT2D eigenvalue weighted by Crippen LogP contribution is -2.15. The van der Waals surface area contributed by atoms with Crippen LogP contribution in [-0.2, 0) is 5.75 Å². The molecular weight excluding hydrogens is 238 g/mol. The molecule has 1 aliphatic rings. The third kappa shape index (κ3) is 3.69. The van der Waals surface area contributed by atoms with Gasteiger partial charge in [0, 0.05) is 11.3 Å². The maximum absolute atomic E-state index is 9.42. The maximum atomic E-state index is 9.42. The predicted octanol–water partition coefficient (Wildman–Crippen LogP) is 1.50. The van der Waals surface area contributed by atoms with Crippen LogP contribution in [0, 0.1) is 0 Å². The Morgan fingerprint density at radius 1 is 1.53 bits per heavy atom. The van der Waals surface area contributed by atoms with E-state index in [0.717, 1.165) is 11.6 Å². The summed E-state index contributed by atoms with van der Waals surface area (Å²) >= 11 is 1.79. The number of β-amino-alcohol motifs (C(OH)–C–C–N with tert-alkyl or cyclic N) is 1. The van der Waals surface area contributed by atoms with Gasteiger partial charge in [0.2, 0.25) is 5.89 Å². The summed E-state index contributed by atoms with van der Waals surface area (Å²) < 4.78 is 5.41. The molecule has 1 aliphatic heterocycles. The molecule has 0 aromatic carbocycles. The van der Waals surface area contributed by atoms with Gasteiger partial charge >= 0.3 is 0 Å². The van der Waals surface area contributed by atoms with Crippen molar-refractivity contribution in [3.63, 3.8) is 0 Å². The van der Waals surface area contributed by atoms with E-state index < -0.39 is 0 Å². The van der Waals surface area contributed by atoms with Crippen LogP contribution in [0.5, 0.6) is 0 Å². The van der Waals surface area contributed by atoms with Crippen molar-refractivity contribution in [2.45, 2.75) is 49.8 Å². The van der Waals surface area contributed by atoms with E-state index in [1.54, 1.807) is 11.8 Å². The second kappa shape index (κ2) is 4.96. The number of nitrogens with one attached hydrogen (secondary N) is 1. The second-order valence-electron chi connectivity index (χ2n) is 5.30. The van der Waals surface area contributed by atoms with Crippen LogP contribution in [0.3, 0.4) is 0 Å². The summed E-state index contributed by atoms with van der Waals surface area (Å²) in [6.07, 6.45) is 0.341. The third-order valence-electron chi connectivity index (χ3n) is 2.52. The topological polar surface area (TPSA) is 71.2 Å². The van der Waals surface area contributed by atoms with E-state index in [1.165, 1.54) is 0 Å². The van der Waals surface area contributed by atoms with Crippen molar-refractivity contribution < 1.29 is 9.63 Å². The van der Waals surface area contributed by atoms with E-state index in [0.29, 0.717) is 18.9 Å². The van der Waals surface area contributed by atoms with Crippen LogP contribution in [0.15, 0.2) is 4.52 Å². The average Bonchev–Trinajstić information content (AvgIpc) is 2.81. The Bertz CT molecular complexity index is 375. The van der Waals surface area contributed by atoms with E-state index >= 15 is 0 Å². The summed E-state index contributed by atoms with van der Waals surface area (Å²) in [5.41, 5.74) is 0. The molecule has 5 nitrogen and oxygen atoms in total. The Hall–Kier alpha value is -0.590. The Labute approximate surface area is 105 Å². The molecule has 0 spiro atoms. The van der Waals surface area contributed by atoms with Gasteiger partial charge in [-0.25, -0.2) is 0 Å². The van der Waals surface area contributed by atoms with Crippen molar-refractivity contribution in [1.82, 2.24) is 15.5 Å². The zero-order valence-corrected chi connectivity index (χ0v) is 11.3. The quantitative estimate of drug-likeness (QED) is 0.855. The molecule has 6 heteroatoms. The number of aliphatic hydroxyl groups excluding tert-OH is 1. The molecule has 0 aliphatic carbocycles. The van der Waals surface area contributed by atoms with Gasteiger partial charge in [0.05, 0.1) is 17.9 Å².